The van der Waals surface area contributed by atoms with E-state index >= 15 is 0 Å². The fraction of sp³-hybridized carbons (Fsp3) is 0.625. The Bertz CT molecular complexity index is 332. The first kappa shape index (κ1) is 7.29. The summed E-state index contributed by atoms with van der Waals surface area (Å²) in [6, 6.07) is 2.25. The Morgan fingerprint density at radius 2 is 2.33 bits per heavy atom. The lowest BCUT2D eigenvalue weighted by Crippen LogP contribution is -2.32. The molecule has 0 aliphatic heterocycles. The summed E-state index contributed by atoms with van der Waals surface area (Å²) in [5, 5.41) is 12.6. The van der Waals surface area contributed by atoms with Crippen LogP contribution < -0.4 is 0 Å². The Labute approximate surface area is 70.2 Å². The van der Waals surface area contributed by atoms with E-state index in [4.69, 9.17) is 9.78 Å². The molecule has 4 nitrogen and oxygen atoms in total. The van der Waals surface area contributed by atoms with Gasteiger partial charge in [0.2, 0.25) is 5.89 Å². The molecule has 0 N–H and O–H groups in total. The first-order chi connectivity index (χ1) is 5.77. The van der Waals surface area contributed by atoms with E-state index in [9.17, 15) is 0 Å². The van der Waals surface area contributed by atoms with Gasteiger partial charge in [-0.2, -0.15) is 10.2 Å². The van der Waals surface area contributed by atoms with Crippen LogP contribution in [-0.2, 0) is 5.41 Å². The summed E-state index contributed by atoms with van der Waals surface area (Å²) >= 11 is 0. The zero-order chi connectivity index (χ0) is 8.60. The number of nitrogens with zero attached hydrogens (tertiary/aromatic N) is 3. The molecule has 1 saturated carbocycles. The smallest absolute Gasteiger partial charge is 0.247 e. The van der Waals surface area contributed by atoms with Crippen molar-refractivity contribution in [3.8, 4) is 6.07 Å². The minimum atomic E-state index is -0.457. The molecule has 1 aromatic rings. The number of nitriles is 1. The van der Waals surface area contributed by atoms with E-state index in [-0.39, 0.29) is 0 Å². The van der Waals surface area contributed by atoms with Gasteiger partial charge in [-0.25, -0.2) is 0 Å². The lowest BCUT2D eigenvalue weighted by atomic mass is 9.70. The van der Waals surface area contributed by atoms with Gasteiger partial charge in [0.1, 0.15) is 5.41 Å². The Hall–Kier alpha value is -1.37. The summed E-state index contributed by atoms with van der Waals surface area (Å²) < 4.78 is 4.98. The van der Waals surface area contributed by atoms with Crippen molar-refractivity contribution >= 4 is 0 Å². The minimum absolute atomic E-state index is 0.457. The van der Waals surface area contributed by atoms with Gasteiger partial charge in [0.25, 0.3) is 0 Å². The molecule has 1 aliphatic rings. The van der Waals surface area contributed by atoms with E-state index in [2.05, 4.69) is 16.2 Å². The molecule has 0 bridgehead atoms. The molecule has 1 aromatic heterocycles. The van der Waals surface area contributed by atoms with Crippen molar-refractivity contribution in [2.24, 2.45) is 0 Å². The third-order valence-corrected chi connectivity index (χ3v) is 2.36. The van der Waals surface area contributed by atoms with Crippen LogP contribution in [0, 0.1) is 18.3 Å². The predicted octanol–water partition coefficient (Wildman–Crippen LogP) is 1.32. The Kier molecular flexibility index (Phi) is 1.40. The van der Waals surface area contributed by atoms with E-state index in [0.29, 0.717) is 11.7 Å². The van der Waals surface area contributed by atoms with Gasteiger partial charge in [-0.1, -0.05) is 5.16 Å². The molecule has 1 aliphatic carbocycles. The zero-order valence-electron chi connectivity index (χ0n) is 6.87. The highest BCUT2D eigenvalue weighted by atomic mass is 16.5. The standard InChI is InChI=1S/C8H9N3O/c1-6-10-7(12-11-6)8(5-9)3-2-4-8/h2-4H2,1H3. The van der Waals surface area contributed by atoms with Crippen molar-refractivity contribution in [1.82, 2.24) is 10.1 Å². The average Bonchev–Trinajstić information content (AvgIpc) is 2.35. The van der Waals surface area contributed by atoms with Crippen LogP contribution in [0.15, 0.2) is 4.52 Å². The van der Waals surface area contributed by atoms with Crippen molar-refractivity contribution in [2.75, 3.05) is 0 Å². The summed E-state index contributed by atoms with van der Waals surface area (Å²) in [4.78, 5) is 4.08. The highest BCUT2D eigenvalue weighted by molar-refractivity contribution is 5.22. The van der Waals surface area contributed by atoms with Crippen LogP contribution >= 0.6 is 0 Å². The first-order valence-electron chi connectivity index (χ1n) is 3.99. The van der Waals surface area contributed by atoms with Gasteiger partial charge < -0.3 is 4.52 Å². The van der Waals surface area contributed by atoms with E-state index in [0.717, 1.165) is 19.3 Å². The monoisotopic (exact) mass is 163 g/mol. The minimum Gasteiger partial charge on any atom is -0.338 e. The Morgan fingerprint density at radius 1 is 1.58 bits per heavy atom. The second kappa shape index (κ2) is 2.31. The normalized spacial score (nSPS) is 19.7. The number of rotatable bonds is 1. The number of hydrogen-bond acceptors (Lipinski definition) is 4. The molecular weight excluding hydrogens is 154 g/mol. The van der Waals surface area contributed by atoms with E-state index in [1.54, 1.807) is 6.92 Å². The van der Waals surface area contributed by atoms with Gasteiger partial charge in [0.15, 0.2) is 5.82 Å². The maximum atomic E-state index is 8.92. The molecule has 0 spiro atoms. The van der Waals surface area contributed by atoms with Crippen LogP contribution in [0.3, 0.4) is 0 Å². The van der Waals surface area contributed by atoms with Crippen molar-refractivity contribution in [1.29, 1.82) is 5.26 Å². The summed E-state index contributed by atoms with van der Waals surface area (Å²) in [5.74, 6) is 1.10. The molecule has 0 amide bonds. The largest absolute Gasteiger partial charge is 0.338 e. The Morgan fingerprint density at radius 3 is 2.67 bits per heavy atom. The molecule has 0 saturated heterocycles. The second-order valence-corrected chi connectivity index (χ2v) is 3.19. The van der Waals surface area contributed by atoms with Crippen LogP contribution in [0.1, 0.15) is 31.0 Å². The number of aryl methyl sites for hydroxylation is 1. The molecule has 0 unspecified atom stereocenters. The molecule has 0 aromatic carbocycles. The van der Waals surface area contributed by atoms with Crippen LogP contribution in [0.4, 0.5) is 0 Å². The fourth-order valence-electron chi connectivity index (χ4n) is 1.40. The van der Waals surface area contributed by atoms with E-state index in [1.165, 1.54) is 0 Å². The molecule has 2 rings (SSSR count). The maximum Gasteiger partial charge on any atom is 0.247 e. The van der Waals surface area contributed by atoms with E-state index < -0.39 is 5.41 Å². The van der Waals surface area contributed by atoms with Crippen LogP contribution in [0.25, 0.3) is 0 Å². The topological polar surface area (TPSA) is 62.7 Å². The number of aromatic nitrogens is 2. The van der Waals surface area contributed by atoms with Crippen molar-refractivity contribution in [2.45, 2.75) is 31.6 Å². The van der Waals surface area contributed by atoms with Crippen molar-refractivity contribution in [3.63, 3.8) is 0 Å². The first-order valence-corrected chi connectivity index (χ1v) is 3.99. The summed E-state index contributed by atoms with van der Waals surface area (Å²) in [7, 11) is 0. The van der Waals surface area contributed by atoms with Gasteiger partial charge in [-0.15, -0.1) is 0 Å². The lowest BCUT2D eigenvalue weighted by Gasteiger charge is -2.30. The summed E-state index contributed by atoms with van der Waals surface area (Å²) in [6.07, 6.45) is 2.78. The molecule has 1 heterocycles. The number of hydrogen-bond donors (Lipinski definition) is 0. The molecular formula is C8H9N3O. The second-order valence-electron chi connectivity index (χ2n) is 3.19. The highest BCUT2D eigenvalue weighted by Gasteiger charge is 2.44. The predicted molar refractivity (Wildman–Crippen MR) is 40.2 cm³/mol. The maximum absolute atomic E-state index is 8.92. The van der Waals surface area contributed by atoms with Crippen LogP contribution in [0.5, 0.6) is 0 Å². The average molecular weight is 163 g/mol. The molecule has 4 heteroatoms. The Balaban J connectivity index is 2.35. The van der Waals surface area contributed by atoms with Gasteiger partial charge >= 0.3 is 0 Å². The molecule has 1 fully saturated rings. The van der Waals surface area contributed by atoms with Crippen LogP contribution in [-0.4, -0.2) is 10.1 Å². The fourth-order valence-corrected chi connectivity index (χ4v) is 1.40. The third kappa shape index (κ3) is 0.828. The molecule has 0 radical (unpaired) electrons. The van der Waals surface area contributed by atoms with Gasteiger partial charge in [0, 0.05) is 0 Å². The quantitative estimate of drug-likeness (QED) is 0.626. The third-order valence-electron chi connectivity index (χ3n) is 2.36. The van der Waals surface area contributed by atoms with Crippen LogP contribution in [0.2, 0.25) is 0 Å². The summed E-state index contributed by atoms with van der Waals surface area (Å²) in [6.45, 7) is 1.76. The lowest BCUT2D eigenvalue weighted by molar-refractivity contribution is 0.231. The van der Waals surface area contributed by atoms with Gasteiger partial charge in [-0.3, -0.25) is 0 Å². The molecule has 0 atom stereocenters. The zero-order valence-corrected chi connectivity index (χ0v) is 6.87. The van der Waals surface area contributed by atoms with Crippen molar-refractivity contribution < 1.29 is 4.52 Å². The molecule has 12 heavy (non-hydrogen) atoms. The van der Waals surface area contributed by atoms with Gasteiger partial charge in [-0.05, 0) is 26.2 Å². The molecule has 62 valence electrons. The van der Waals surface area contributed by atoms with Gasteiger partial charge in [0.05, 0.1) is 6.07 Å². The highest BCUT2D eigenvalue weighted by Crippen LogP contribution is 2.42. The summed E-state index contributed by atoms with van der Waals surface area (Å²) in [5.41, 5.74) is -0.457. The van der Waals surface area contributed by atoms with E-state index in [1.807, 2.05) is 0 Å². The van der Waals surface area contributed by atoms with Crippen molar-refractivity contribution in [3.05, 3.63) is 11.7 Å². The SMILES string of the molecule is Cc1noc(C2(C#N)CCC2)n1.